The van der Waals surface area contributed by atoms with Crippen molar-refractivity contribution in [3.63, 3.8) is 0 Å². The van der Waals surface area contributed by atoms with Gasteiger partial charge in [-0.15, -0.1) is 0 Å². The van der Waals surface area contributed by atoms with E-state index in [1.807, 2.05) is 6.08 Å². The number of ether oxygens (including phenoxy) is 3. The molecule has 0 aliphatic heterocycles. The van der Waals surface area contributed by atoms with Gasteiger partial charge in [-0.3, -0.25) is 14.4 Å². The Bertz CT molecular complexity index is 1020. The molecule has 1 atom stereocenters. The molecule has 6 nitrogen and oxygen atoms in total. The Morgan fingerprint density at radius 3 is 1.42 bits per heavy atom. The minimum Gasteiger partial charge on any atom is -0.462 e. The van der Waals surface area contributed by atoms with Crippen molar-refractivity contribution in [2.24, 2.45) is 0 Å². The maximum atomic E-state index is 12.7. The second-order valence-corrected chi connectivity index (χ2v) is 13.5. The molecule has 0 fully saturated rings. The summed E-state index contributed by atoms with van der Waals surface area (Å²) in [7, 11) is 0. The van der Waals surface area contributed by atoms with Crippen LogP contribution in [0.5, 0.6) is 0 Å². The molecule has 0 amide bonds. The Kier molecular flexibility index (Phi) is 38.2. The lowest BCUT2D eigenvalue weighted by Crippen LogP contribution is -2.30. The number of allylic oxidation sites excluding steroid dienone is 12. The largest absolute Gasteiger partial charge is 0.462 e. The Balaban J connectivity index is 4.46. The molecule has 0 aromatic carbocycles. The molecular weight excluding hydrogens is 648 g/mol. The standard InChI is InChI=1S/C46H76O6/c1-4-7-10-13-16-19-21-23-25-27-30-33-36-39-45(48)51-42-43(41-50-44(47)38-35-32-29-26-18-15-12-9-6-3)52-46(49)40-37-34-31-28-24-22-20-17-14-11-8-5-2/h7,9-10,12-13,16-21,26,43H,4-6,8,11,14-15,22-25,27-42H2,1-3H3/b10-7-,12-9-,16-13-,20-17-,21-19-,26-18-. The summed E-state index contributed by atoms with van der Waals surface area (Å²) in [6, 6.07) is 0. The molecule has 52 heavy (non-hydrogen) atoms. The smallest absolute Gasteiger partial charge is 0.306 e. The average molecular weight is 725 g/mol. The maximum Gasteiger partial charge on any atom is 0.306 e. The van der Waals surface area contributed by atoms with E-state index in [0.717, 1.165) is 109 Å². The van der Waals surface area contributed by atoms with E-state index >= 15 is 0 Å². The number of rotatable bonds is 36. The predicted octanol–water partition coefficient (Wildman–Crippen LogP) is 13.1. The zero-order chi connectivity index (χ0) is 38.0. The van der Waals surface area contributed by atoms with E-state index in [-0.39, 0.29) is 31.1 Å². The van der Waals surface area contributed by atoms with E-state index in [2.05, 4.69) is 87.6 Å². The van der Waals surface area contributed by atoms with Crippen LogP contribution < -0.4 is 0 Å². The van der Waals surface area contributed by atoms with E-state index in [4.69, 9.17) is 14.2 Å². The summed E-state index contributed by atoms with van der Waals surface area (Å²) in [6.07, 6.45) is 48.9. The summed E-state index contributed by atoms with van der Waals surface area (Å²) in [5.41, 5.74) is 0. The van der Waals surface area contributed by atoms with Crippen LogP contribution in [0.3, 0.4) is 0 Å². The summed E-state index contributed by atoms with van der Waals surface area (Å²) in [6.45, 7) is 6.26. The van der Waals surface area contributed by atoms with Crippen molar-refractivity contribution in [2.75, 3.05) is 13.2 Å². The summed E-state index contributed by atoms with van der Waals surface area (Å²) < 4.78 is 16.6. The van der Waals surface area contributed by atoms with Crippen LogP contribution in [0.15, 0.2) is 72.9 Å². The molecule has 0 aliphatic carbocycles. The Morgan fingerprint density at radius 2 is 0.846 bits per heavy atom. The lowest BCUT2D eigenvalue weighted by atomic mass is 10.1. The van der Waals surface area contributed by atoms with Gasteiger partial charge in [0.25, 0.3) is 0 Å². The Labute approximate surface area is 319 Å². The van der Waals surface area contributed by atoms with Gasteiger partial charge in [0.2, 0.25) is 0 Å². The van der Waals surface area contributed by atoms with Gasteiger partial charge >= 0.3 is 17.9 Å². The highest BCUT2D eigenvalue weighted by Crippen LogP contribution is 2.12. The topological polar surface area (TPSA) is 78.9 Å². The lowest BCUT2D eigenvalue weighted by Gasteiger charge is -2.18. The van der Waals surface area contributed by atoms with Crippen molar-refractivity contribution in [1.82, 2.24) is 0 Å². The van der Waals surface area contributed by atoms with Gasteiger partial charge in [0.05, 0.1) is 0 Å². The molecule has 0 bridgehead atoms. The summed E-state index contributed by atoms with van der Waals surface area (Å²) in [5.74, 6) is -0.978. The van der Waals surface area contributed by atoms with Gasteiger partial charge in [-0.1, -0.05) is 145 Å². The van der Waals surface area contributed by atoms with E-state index < -0.39 is 6.10 Å². The van der Waals surface area contributed by atoms with Gasteiger partial charge in [-0.05, 0) is 89.9 Å². The molecule has 0 N–H and O–H groups in total. The van der Waals surface area contributed by atoms with Gasteiger partial charge in [0.1, 0.15) is 13.2 Å². The molecule has 0 heterocycles. The van der Waals surface area contributed by atoms with Crippen molar-refractivity contribution in [2.45, 2.75) is 187 Å². The molecule has 0 aromatic rings. The third-order valence-corrected chi connectivity index (χ3v) is 8.49. The van der Waals surface area contributed by atoms with E-state index in [1.54, 1.807) is 0 Å². The molecule has 6 heteroatoms. The number of hydrogen-bond donors (Lipinski definition) is 0. The molecule has 0 saturated carbocycles. The minimum atomic E-state index is -0.797. The molecule has 1 unspecified atom stereocenters. The van der Waals surface area contributed by atoms with Crippen LogP contribution in [0.2, 0.25) is 0 Å². The minimum absolute atomic E-state index is 0.101. The van der Waals surface area contributed by atoms with Gasteiger partial charge in [0.15, 0.2) is 6.10 Å². The van der Waals surface area contributed by atoms with Gasteiger partial charge in [0, 0.05) is 19.3 Å². The van der Waals surface area contributed by atoms with Crippen molar-refractivity contribution in [1.29, 1.82) is 0 Å². The Hall–Kier alpha value is -3.15. The zero-order valence-corrected chi connectivity index (χ0v) is 33.5. The average Bonchev–Trinajstić information content (AvgIpc) is 3.14. The SMILES string of the molecule is CC\C=C/C=C\C=C/CCCCCCCC(=O)OCC(COC(=O)CCCC/C=C\C/C=C\CC)OC(=O)CCCCCCC/C=C\CCCCC. The van der Waals surface area contributed by atoms with Gasteiger partial charge < -0.3 is 14.2 Å². The van der Waals surface area contributed by atoms with Crippen LogP contribution >= 0.6 is 0 Å². The molecule has 0 saturated heterocycles. The first kappa shape index (κ1) is 48.9. The molecule has 0 spiro atoms. The van der Waals surface area contributed by atoms with Crippen LogP contribution in [-0.2, 0) is 28.6 Å². The second-order valence-electron chi connectivity index (χ2n) is 13.5. The lowest BCUT2D eigenvalue weighted by molar-refractivity contribution is -0.167. The van der Waals surface area contributed by atoms with Crippen molar-refractivity contribution in [3.05, 3.63) is 72.9 Å². The highest BCUT2D eigenvalue weighted by Gasteiger charge is 2.19. The quantitative estimate of drug-likeness (QED) is 0.0210. The Morgan fingerprint density at radius 1 is 0.423 bits per heavy atom. The number of unbranched alkanes of at least 4 members (excludes halogenated alkanes) is 15. The summed E-state index contributed by atoms with van der Waals surface area (Å²) in [4.78, 5) is 37.5. The fourth-order valence-electron chi connectivity index (χ4n) is 5.35. The number of esters is 3. The highest BCUT2D eigenvalue weighted by atomic mass is 16.6. The predicted molar refractivity (Wildman–Crippen MR) is 219 cm³/mol. The fourth-order valence-corrected chi connectivity index (χ4v) is 5.35. The van der Waals surface area contributed by atoms with Crippen LogP contribution in [-0.4, -0.2) is 37.2 Å². The second kappa shape index (κ2) is 40.6. The number of hydrogen-bond acceptors (Lipinski definition) is 6. The van der Waals surface area contributed by atoms with Crippen LogP contribution in [0.25, 0.3) is 0 Å². The van der Waals surface area contributed by atoms with Crippen LogP contribution in [0.4, 0.5) is 0 Å². The van der Waals surface area contributed by atoms with Gasteiger partial charge in [-0.2, -0.15) is 0 Å². The first-order valence-corrected chi connectivity index (χ1v) is 21.0. The molecule has 0 radical (unpaired) electrons. The molecule has 296 valence electrons. The molecule has 0 rings (SSSR count). The first-order valence-electron chi connectivity index (χ1n) is 21.0. The molecule has 0 aromatic heterocycles. The third-order valence-electron chi connectivity index (χ3n) is 8.49. The van der Waals surface area contributed by atoms with Crippen LogP contribution in [0, 0.1) is 0 Å². The molecule has 0 aliphatic rings. The molecular formula is C46H76O6. The number of carbonyl (C=O) groups is 3. The zero-order valence-electron chi connectivity index (χ0n) is 33.5. The van der Waals surface area contributed by atoms with E-state index in [0.29, 0.717) is 19.3 Å². The van der Waals surface area contributed by atoms with Crippen molar-refractivity contribution >= 4 is 17.9 Å². The van der Waals surface area contributed by atoms with Crippen molar-refractivity contribution in [3.8, 4) is 0 Å². The van der Waals surface area contributed by atoms with E-state index in [9.17, 15) is 14.4 Å². The fraction of sp³-hybridized carbons (Fsp3) is 0.674. The van der Waals surface area contributed by atoms with Crippen molar-refractivity contribution < 1.29 is 28.6 Å². The monoisotopic (exact) mass is 725 g/mol. The number of carbonyl (C=O) groups excluding carboxylic acids is 3. The highest BCUT2D eigenvalue weighted by molar-refractivity contribution is 5.71. The first-order chi connectivity index (χ1) is 25.5. The summed E-state index contributed by atoms with van der Waals surface area (Å²) >= 11 is 0. The van der Waals surface area contributed by atoms with Gasteiger partial charge in [-0.25, -0.2) is 0 Å². The third kappa shape index (κ3) is 38.1. The summed E-state index contributed by atoms with van der Waals surface area (Å²) in [5, 5.41) is 0. The normalized spacial score (nSPS) is 12.8. The van der Waals surface area contributed by atoms with Crippen LogP contribution in [0.1, 0.15) is 181 Å². The van der Waals surface area contributed by atoms with E-state index in [1.165, 1.54) is 32.1 Å². The maximum absolute atomic E-state index is 12.7.